The van der Waals surface area contributed by atoms with Gasteiger partial charge in [-0.1, -0.05) is 13.0 Å². The maximum absolute atomic E-state index is 11.9. The van der Waals surface area contributed by atoms with Crippen LogP contribution in [0.25, 0.3) is 0 Å². The zero-order valence-electron chi connectivity index (χ0n) is 13.1. The fourth-order valence-corrected chi connectivity index (χ4v) is 1.15. The van der Waals surface area contributed by atoms with E-state index in [4.69, 9.17) is 9.47 Å². The quantitative estimate of drug-likeness (QED) is 0.581. The van der Waals surface area contributed by atoms with Crippen molar-refractivity contribution in [1.82, 2.24) is 0 Å². The Labute approximate surface area is 116 Å². The van der Waals surface area contributed by atoms with Crippen molar-refractivity contribution >= 4 is 11.9 Å². The molecule has 0 unspecified atom stereocenters. The molecule has 4 heteroatoms. The minimum absolute atomic E-state index is 0.0428. The van der Waals surface area contributed by atoms with Gasteiger partial charge in [0.2, 0.25) is 0 Å². The Balaban J connectivity index is 4.66. The van der Waals surface area contributed by atoms with Crippen LogP contribution in [-0.4, -0.2) is 24.1 Å². The number of rotatable bonds is 4. The average molecular weight is 270 g/mol. The van der Waals surface area contributed by atoms with Crippen molar-refractivity contribution in [3.8, 4) is 0 Å². The van der Waals surface area contributed by atoms with Crippen molar-refractivity contribution in [1.29, 1.82) is 0 Å². The monoisotopic (exact) mass is 270 g/mol. The van der Waals surface area contributed by atoms with Crippen LogP contribution in [0.4, 0.5) is 0 Å². The second-order valence-corrected chi connectivity index (χ2v) is 6.47. The van der Waals surface area contributed by atoms with E-state index < -0.39 is 17.0 Å². The topological polar surface area (TPSA) is 52.6 Å². The van der Waals surface area contributed by atoms with Gasteiger partial charge in [-0.3, -0.25) is 4.79 Å². The first-order chi connectivity index (χ1) is 8.47. The van der Waals surface area contributed by atoms with Gasteiger partial charge in [0.05, 0.1) is 11.0 Å². The van der Waals surface area contributed by atoms with Crippen LogP contribution in [0, 0.1) is 5.41 Å². The van der Waals surface area contributed by atoms with Crippen molar-refractivity contribution in [2.45, 2.75) is 60.5 Å². The van der Waals surface area contributed by atoms with E-state index >= 15 is 0 Å². The summed E-state index contributed by atoms with van der Waals surface area (Å²) in [5.74, 6) is -0.769. The molecule has 110 valence electrons. The molecule has 0 bridgehead atoms. The zero-order chi connectivity index (χ0) is 15.3. The second kappa shape index (κ2) is 6.73. The number of hydrogen-bond acceptors (Lipinski definition) is 4. The minimum atomic E-state index is -0.578. The lowest BCUT2D eigenvalue weighted by molar-refractivity contribution is -0.155. The van der Waals surface area contributed by atoms with Gasteiger partial charge in [-0.05, 0) is 48.0 Å². The molecule has 19 heavy (non-hydrogen) atoms. The predicted molar refractivity (Wildman–Crippen MR) is 74.6 cm³/mol. The summed E-state index contributed by atoms with van der Waals surface area (Å²) in [6.07, 6.45) is 2.41. The molecule has 0 N–H and O–H groups in total. The van der Waals surface area contributed by atoms with Crippen LogP contribution in [-0.2, 0) is 19.1 Å². The number of carbonyl (C=O) groups is 2. The summed E-state index contributed by atoms with van der Waals surface area (Å²) >= 11 is 0. The highest BCUT2D eigenvalue weighted by atomic mass is 16.6. The predicted octanol–water partition coefficient (Wildman–Crippen LogP) is 3.25. The SMILES string of the molecule is CCC=C(COC(=O)C(C)(C)C)C(=O)OC(C)(C)C. The molecule has 0 aliphatic carbocycles. The fourth-order valence-electron chi connectivity index (χ4n) is 1.15. The Morgan fingerprint density at radius 3 is 1.95 bits per heavy atom. The summed E-state index contributed by atoms with van der Waals surface area (Å²) in [4.78, 5) is 23.6. The van der Waals surface area contributed by atoms with Crippen molar-refractivity contribution in [3.05, 3.63) is 11.6 Å². The summed E-state index contributed by atoms with van der Waals surface area (Å²) in [6, 6.07) is 0. The third-order valence-electron chi connectivity index (χ3n) is 2.08. The highest BCUT2D eigenvalue weighted by Gasteiger charge is 2.25. The molecule has 0 saturated carbocycles. The Morgan fingerprint density at radius 2 is 1.58 bits per heavy atom. The van der Waals surface area contributed by atoms with E-state index in [0.29, 0.717) is 12.0 Å². The van der Waals surface area contributed by atoms with Crippen LogP contribution in [0.3, 0.4) is 0 Å². The van der Waals surface area contributed by atoms with E-state index in [1.54, 1.807) is 47.6 Å². The summed E-state index contributed by atoms with van der Waals surface area (Å²) < 4.78 is 10.4. The molecule has 0 amide bonds. The first kappa shape index (κ1) is 17.7. The maximum atomic E-state index is 11.9. The third kappa shape index (κ3) is 7.65. The van der Waals surface area contributed by atoms with Gasteiger partial charge < -0.3 is 9.47 Å². The van der Waals surface area contributed by atoms with E-state index in [2.05, 4.69) is 0 Å². The number of carbonyl (C=O) groups excluding carboxylic acids is 2. The normalized spacial score (nSPS) is 13.1. The van der Waals surface area contributed by atoms with Gasteiger partial charge in [0.1, 0.15) is 12.2 Å². The first-order valence-electron chi connectivity index (χ1n) is 6.57. The average Bonchev–Trinajstić information content (AvgIpc) is 2.19. The molecule has 0 fully saturated rings. The lowest BCUT2D eigenvalue weighted by Gasteiger charge is -2.21. The molecule has 0 aromatic carbocycles. The molecular formula is C15H26O4. The highest BCUT2D eigenvalue weighted by Crippen LogP contribution is 2.17. The van der Waals surface area contributed by atoms with E-state index in [1.165, 1.54) is 0 Å². The molecule has 0 atom stereocenters. The number of allylic oxidation sites excluding steroid dienone is 1. The van der Waals surface area contributed by atoms with Crippen molar-refractivity contribution < 1.29 is 19.1 Å². The summed E-state index contributed by atoms with van der Waals surface area (Å²) in [6.45, 7) is 12.6. The largest absolute Gasteiger partial charge is 0.460 e. The van der Waals surface area contributed by atoms with Crippen LogP contribution in [0.1, 0.15) is 54.9 Å². The summed E-state index contributed by atoms with van der Waals surface area (Å²) in [7, 11) is 0. The molecule has 0 rings (SSSR count). The van der Waals surface area contributed by atoms with E-state index in [9.17, 15) is 9.59 Å². The Kier molecular flexibility index (Phi) is 6.27. The molecular weight excluding hydrogens is 244 g/mol. The summed E-state index contributed by atoms with van der Waals surface area (Å²) in [5, 5.41) is 0. The van der Waals surface area contributed by atoms with Gasteiger partial charge in [-0.15, -0.1) is 0 Å². The molecule has 4 nitrogen and oxygen atoms in total. The Hall–Kier alpha value is -1.32. The molecule has 0 spiro atoms. The zero-order valence-corrected chi connectivity index (χ0v) is 13.1. The van der Waals surface area contributed by atoms with Gasteiger partial charge in [0.25, 0.3) is 0 Å². The smallest absolute Gasteiger partial charge is 0.337 e. The van der Waals surface area contributed by atoms with Gasteiger partial charge in [0, 0.05) is 0 Å². The number of esters is 2. The molecule has 0 radical (unpaired) electrons. The number of hydrogen-bond donors (Lipinski definition) is 0. The second-order valence-electron chi connectivity index (χ2n) is 6.47. The molecule has 0 aromatic heterocycles. The van der Waals surface area contributed by atoms with Crippen LogP contribution >= 0.6 is 0 Å². The van der Waals surface area contributed by atoms with Crippen molar-refractivity contribution in [3.63, 3.8) is 0 Å². The summed E-state index contributed by atoms with van der Waals surface area (Å²) in [5.41, 5.74) is -0.751. The van der Waals surface area contributed by atoms with Crippen LogP contribution in [0.15, 0.2) is 11.6 Å². The van der Waals surface area contributed by atoms with Crippen LogP contribution in [0.5, 0.6) is 0 Å². The van der Waals surface area contributed by atoms with Gasteiger partial charge in [-0.25, -0.2) is 4.79 Å². The van der Waals surface area contributed by atoms with E-state index in [0.717, 1.165) is 0 Å². The molecule has 0 aromatic rings. The number of ether oxygens (including phenoxy) is 2. The maximum Gasteiger partial charge on any atom is 0.337 e. The third-order valence-corrected chi connectivity index (χ3v) is 2.08. The lowest BCUT2D eigenvalue weighted by Crippen LogP contribution is -2.28. The lowest BCUT2D eigenvalue weighted by atomic mass is 9.97. The standard InChI is InChI=1S/C15H26O4/c1-8-9-11(12(16)19-15(5,6)7)10-18-13(17)14(2,3)4/h9H,8,10H2,1-7H3. The first-order valence-corrected chi connectivity index (χ1v) is 6.57. The molecule has 0 aliphatic heterocycles. The van der Waals surface area contributed by atoms with Crippen molar-refractivity contribution in [2.24, 2.45) is 5.41 Å². The highest BCUT2D eigenvalue weighted by molar-refractivity contribution is 5.89. The van der Waals surface area contributed by atoms with E-state index in [1.807, 2.05) is 6.92 Å². The fraction of sp³-hybridized carbons (Fsp3) is 0.733. The van der Waals surface area contributed by atoms with Crippen LogP contribution < -0.4 is 0 Å². The van der Waals surface area contributed by atoms with Gasteiger partial charge >= 0.3 is 11.9 Å². The van der Waals surface area contributed by atoms with E-state index in [-0.39, 0.29) is 12.6 Å². The molecule has 0 saturated heterocycles. The van der Waals surface area contributed by atoms with Gasteiger partial charge in [0.15, 0.2) is 0 Å². The van der Waals surface area contributed by atoms with Crippen molar-refractivity contribution in [2.75, 3.05) is 6.61 Å². The van der Waals surface area contributed by atoms with Crippen LogP contribution in [0.2, 0.25) is 0 Å². The van der Waals surface area contributed by atoms with Gasteiger partial charge in [-0.2, -0.15) is 0 Å². The molecule has 0 heterocycles. The minimum Gasteiger partial charge on any atom is -0.460 e. The Morgan fingerprint density at radius 1 is 1.05 bits per heavy atom. The molecule has 0 aliphatic rings. The Bertz CT molecular complexity index is 353.